The summed E-state index contributed by atoms with van der Waals surface area (Å²) in [7, 11) is 0. The van der Waals surface area contributed by atoms with Crippen molar-refractivity contribution in [1.82, 2.24) is 4.90 Å². The van der Waals surface area contributed by atoms with Crippen LogP contribution in [0.5, 0.6) is 0 Å². The van der Waals surface area contributed by atoms with Gasteiger partial charge < -0.3 is 10.0 Å². The van der Waals surface area contributed by atoms with Crippen molar-refractivity contribution in [2.24, 2.45) is 17.8 Å². The maximum absolute atomic E-state index is 14.7. The third kappa shape index (κ3) is 2.92. The van der Waals surface area contributed by atoms with Gasteiger partial charge in [-0.05, 0) is 30.6 Å². The molecule has 0 aromatic rings. The highest BCUT2D eigenvalue weighted by Crippen LogP contribution is 2.39. The minimum absolute atomic E-state index is 0.0107. The van der Waals surface area contributed by atoms with Crippen LogP contribution in [0.15, 0.2) is 0 Å². The van der Waals surface area contributed by atoms with E-state index >= 15 is 0 Å². The molecule has 0 spiro atoms. The number of hydrogen-bond donors (Lipinski definition) is 1. The number of amides is 1. The van der Waals surface area contributed by atoms with E-state index in [0.717, 1.165) is 25.7 Å². The van der Waals surface area contributed by atoms with Crippen LogP contribution in [0.3, 0.4) is 0 Å². The fourth-order valence-corrected chi connectivity index (χ4v) is 4.05. The van der Waals surface area contributed by atoms with Crippen LogP contribution >= 0.6 is 0 Å². The first-order chi connectivity index (χ1) is 9.77. The predicted octanol–water partition coefficient (Wildman–Crippen LogP) is 2.86. The third-order valence-electron chi connectivity index (χ3n) is 5.12. The number of carboxylic acid groups (broad SMARTS) is 1. The number of nitrogens with zero attached hydrogens (tertiary/aromatic N) is 1. The molecule has 0 radical (unpaired) electrons. The lowest BCUT2D eigenvalue weighted by Crippen LogP contribution is -2.62. The highest BCUT2D eigenvalue weighted by molar-refractivity contribution is 6.05. The Morgan fingerprint density at radius 3 is 2.57 bits per heavy atom. The van der Waals surface area contributed by atoms with Crippen LogP contribution in [0.2, 0.25) is 0 Å². The molecule has 0 bridgehead atoms. The Balaban J connectivity index is 2.28. The molecule has 0 aromatic heterocycles. The lowest BCUT2D eigenvalue weighted by molar-refractivity contribution is -0.172. The van der Waals surface area contributed by atoms with Gasteiger partial charge in [-0.2, -0.15) is 0 Å². The van der Waals surface area contributed by atoms with Crippen LogP contribution < -0.4 is 0 Å². The molecule has 2 unspecified atom stereocenters. The number of halogens is 1. The minimum Gasteiger partial charge on any atom is -0.478 e. The molecule has 21 heavy (non-hydrogen) atoms. The molecule has 0 aromatic carbocycles. The quantitative estimate of drug-likeness (QED) is 0.815. The van der Waals surface area contributed by atoms with Crippen molar-refractivity contribution in [3.8, 4) is 0 Å². The average Bonchev–Trinajstić information content (AvgIpc) is 2.42. The van der Waals surface area contributed by atoms with Gasteiger partial charge in [0.15, 0.2) is 0 Å². The standard InChI is InChI=1S/C16H26FNO3/c1-10(2)12-6-4-5-7-13(12)18-9-11(3)8-16(17,14(18)19)15(20)21/h10-13H,4-9H2,1-3H3,(H,20,21)/t11-,12?,13?,16-/m0/s1. The van der Waals surface area contributed by atoms with E-state index in [9.17, 15) is 14.0 Å². The fraction of sp³-hybridized carbons (Fsp3) is 0.875. The molecule has 120 valence electrons. The monoisotopic (exact) mass is 299 g/mol. The number of piperidine rings is 1. The van der Waals surface area contributed by atoms with Gasteiger partial charge in [0, 0.05) is 19.0 Å². The second kappa shape index (κ2) is 5.93. The molecule has 1 N–H and O–H groups in total. The number of aliphatic carboxylic acids is 1. The maximum atomic E-state index is 14.7. The van der Waals surface area contributed by atoms with Crippen molar-refractivity contribution in [2.75, 3.05) is 6.54 Å². The topological polar surface area (TPSA) is 57.6 Å². The largest absolute Gasteiger partial charge is 0.478 e. The van der Waals surface area contributed by atoms with E-state index in [-0.39, 0.29) is 18.4 Å². The van der Waals surface area contributed by atoms with E-state index in [1.807, 2.05) is 6.92 Å². The van der Waals surface area contributed by atoms with E-state index in [4.69, 9.17) is 5.11 Å². The second-order valence-electron chi connectivity index (χ2n) is 7.13. The van der Waals surface area contributed by atoms with Gasteiger partial charge in [-0.3, -0.25) is 4.79 Å². The zero-order valence-corrected chi connectivity index (χ0v) is 13.1. The smallest absolute Gasteiger partial charge is 0.351 e. The maximum Gasteiger partial charge on any atom is 0.351 e. The van der Waals surface area contributed by atoms with E-state index in [1.54, 1.807) is 4.90 Å². The summed E-state index contributed by atoms with van der Waals surface area (Å²) in [4.78, 5) is 25.3. The molecule has 1 saturated carbocycles. The van der Waals surface area contributed by atoms with E-state index < -0.39 is 17.5 Å². The molecule has 2 aliphatic rings. The first-order valence-electron chi connectivity index (χ1n) is 8.00. The Labute approximate surface area is 125 Å². The second-order valence-corrected chi connectivity index (χ2v) is 7.13. The molecule has 1 aliphatic carbocycles. The van der Waals surface area contributed by atoms with Crippen LogP contribution in [0.1, 0.15) is 52.9 Å². The van der Waals surface area contributed by atoms with Crippen molar-refractivity contribution in [1.29, 1.82) is 0 Å². The molecule has 5 heteroatoms. The van der Waals surface area contributed by atoms with Crippen LogP contribution in [-0.2, 0) is 9.59 Å². The van der Waals surface area contributed by atoms with Gasteiger partial charge in [-0.25, -0.2) is 9.18 Å². The highest BCUT2D eigenvalue weighted by Gasteiger charge is 2.55. The van der Waals surface area contributed by atoms with Crippen molar-refractivity contribution in [2.45, 2.75) is 64.6 Å². The summed E-state index contributed by atoms with van der Waals surface area (Å²) in [6.07, 6.45) is 3.84. The Bertz CT molecular complexity index is 426. The van der Waals surface area contributed by atoms with Crippen LogP contribution in [0.4, 0.5) is 4.39 Å². The van der Waals surface area contributed by atoms with Crippen LogP contribution in [-0.4, -0.2) is 40.1 Å². The Hall–Kier alpha value is -1.13. The molecule has 2 rings (SSSR count). The van der Waals surface area contributed by atoms with Gasteiger partial charge in [0.05, 0.1) is 0 Å². The Morgan fingerprint density at radius 2 is 2.00 bits per heavy atom. The number of hydrogen-bond acceptors (Lipinski definition) is 2. The first kappa shape index (κ1) is 16.2. The van der Waals surface area contributed by atoms with Crippen molar-refractivity contribution in [3.05, 3.63) is 0 Å². The number of carboxylic acids is 1. The van der Waals surface area contributed by atoms with Gasteiger partial charge in [0.2, 0.25) is 0 Å². The van der Waals surface area contributed by atoms with Crippen molar-refractivity contribution < 1.29 is 19.1 Å². The third-order valence-corrected chi connectivity index (χ3v) is 5.12. The van der Waals surface area contributed by atoms with Gasteiger partial charge in [-0.15, -0.1) is 0 Å². The summed E-state index contributed by atoms with van der Waals surface area (Å²) in [5, 5.41) is 9.15. The van der Waals surface area contributed by atoms with Crippen LogP contribution in [0, 0.1) is 17.8 Å². The van der Waals surface area contributed by atoms with E-state index in [2.05, 4.69) is 13.8 Å². The molecule has 1 saturated heterocycles. The molecule has 1 amide bonds. The zero-order chi connectivity index (χ0) is 15.8. The molecule has 4 atom stereocenters. The van der Waals surface area contributed by atoms with Gasteiger partial charge in [-0.1, -0.05) is 33.6 Å². The summed E-state index contributed by atoms with van der Waals surface area (Å²) in [5.74, 6) is -1.84. The average molecular weight is 299 g/mol. The molecular formula is C16H26FNO3. The molecule has 4 nitrogen and oxygen atoms in total. The highest BCUT2D eigenvalue weighted by atomic mass is 19.1. The van der Waals surface area contributed by atoms with E-state index in [1.165, 1.54) is 0 Å². The summed E-state index contributed by atoms with van der Waals surface area (Å²) < 4.78 is 14.7. The van der Waals surface area contributed by atoms with Gasteiger partial charge >= 0.3 is 5.97 Å². The van der Waals surface area contributed by atoms with E-state index in [0.29, 0.717) is 18.4 Å². The number of carbonyl (C=O) groups excluding carboxylic acids is 1. The Morgan fingerprint density at radius 1 is 1.38 bits per heavy atom. The lowest BCUT2D eigenvalue weighted by atomic mass is 9.75. The summed E-state index contributed by atoms with van der Waals surface area (Å²) in [5.41, 5.74) is -2.74. The molecule has 1 heterocycles. The van der Waals surface area contributed by atoms with Crippen LogP contribution in [0.25, 0.3) is 0 Å². The summed E-state index contributed by atoms with van der Waals surface area (Å²) in [6.45, 7) is 6.55. The molecule has 2 fully saturated rings. The first-order valence-corrected chi connectivity index (χ1v) is 8.00. The normalized spacial score (nSPS) is 37.9. The summed E-state index contributed by atoms with van der Waals surface area (Å²) in [6, 6.07) is -0.0107. The predicted molar refractivity (Wildman–Crippen MR) is 77.6 cm³/mol. The fourth-order valence-electron chi connectivity index (χ4n) is 4.05. The van der Waals surface area contributed by atoms with Crippen molar-refractivity contribution in [3.63, 3.8) is 0 Å². The summed E-state index contributed by atoms with van der Waals surface area (Å²) >= 11 is 0. The number of likely N-dealkylation sites (tertiary alicyclic amines) is 1. The molecular weight excluding hydrogens is 273 g/mol. The SMILES string of the molecule is CC(C)C1CCCCC1N1C[C@@H](C)C[C@@](F)(C(=O)O)C1=O. The van der Waals surface area contributed by atoms with Gasteiger partial charge in [0.25, 0.3) is 11.6 Å². The van der Waals surface area contributed by atoms with Crippen molar-refractivity contribution >= 4 is 11.9 Å². The van der Waals surface area contributed by atoms with Gasteiger partial charge in [0.1, 0.15) is 0 Å². The molecule has 1 aliphatic heterocycles. The Kier molecular flexibility index (Phi) is 4.59. The number of alkyl halides is 1. The minimum atomic E-state index is -2.74. The number of rotatable bonds is 3. The lowest BCUT2D eigenvalue weighted by Gasteiger charge is -2.47. The number of carbonyl (C=O) groups is 2. The zero-order valence-electron chi connectivity index (χ0n) is 13.1.